The van der Waals surface area contributed by atoms with Gasteiger partial charge in [-0.05, 0) is 78.6 Å². The SMILES string of the molecule is CCCCCCCc1ccc(-c2ccc(C(=O)O)c(CCc3ccccn3)c2C)cc1. The Labute approximate surface area is 186 Å². The molecule has 0 spiro atoms. The van der Waals surface area contributed by atoms with E-state index in [4.69, 9.17) is 0 Å². The van der Waals surface area contributed by atoms with Crippen LogP contribution in [0, 0.1) is 6.92 Å². The number of hydrogen-bond acceptors (Lipinski definition) is 2. The molecule has 3 heteroatoms. The second-order valence-electron chi connectivity index (χ2n) is 8.25. The molecule has 2 aromatic carbocycles. The van der Waals surface area contributed by atoms with Crippen molar-refractivity contribution in [1.29, 1.82) is 0 Å². The van der Waals surface area contributed by atoms with Crippen molar-refractivity contribution in [2.75, 3.05) is 0 Å². The summed E-state index contributed by atoms with van der Waals surface area (Å²) in [6.07, 6.45) is 10.7. The second-order valence-corrected chi connectivity index (χ2v) is 8.25. The van der Waals surface area contributed by atoms with Crippen molar-refractivity contribution in [3.63, 3.8) is 0 Å². The summed E-state index contributed by atoms with van der Waals surface area (Å²) >= 11 is 0. The number of aromatic nitrogens is 1. The fourth-order valence-electron chi connectivity index (χ4n) is 4.17. The Morgan fingerprint density at radius 3 is 2.32 bits per heavy atom. The number of aromatic carboxylic acids is 1. The summed E-state index contributed by atoms with van der Waals surface area (Å²) in [5.74, 6) is -0.871. The Hall–Kier alpha value is -2.94. The van der Waals surface area contributed by atoms with E-state index >= 15 is 0 Å². The van der Waals surface area contributed by atoms with E-state index in [0.29, 0.717) is 12.0 Å². The second kappa shape index (κ2) is 11.5. The van der Waals surface area contributed by atoms with E-state index in [2.05, 4.69) is 36.2 Å². The van der Waals surface area contributed by atoms with Crippen LogP contribution in [0.1, 0.15) is 71.8 Å². The number of rotatable bonds is 11. The van der Waals surface area contributed by atoms with Crippen LogP contribution in [-0.4, -0.2) is 16.1 Å². The normalized spacial score (nSPS) is 10.9. The summed E-state index contributed by atoms with van der Waals surface area (Å²) in [7, 11) is 0. The maximum absolute atomic E-state index is 11.8. The summed E-state index contributed by atoms with van der Waals surface area (Å²) in [5, 5.41) is 9.71. The van der Waals surface area contributed by atoms with E-state index < -0.39 is 5.97 Å². The van der Waals surface area contributed by atoms with Crippen molar-refractivity contribution in [1.82, 2.24) is 4.98 Å². The van der Waals surface area contributed by atoms with Crippen LogP contribution in [0.3, 0.4) is 0 Å². The van der Waals surface area contributed by atoms with Gasteiger partial charge in [-0.3, -0.25) is 4.98 Å². The van der Waals surface area contributed by atoms with Crippen molar-refractivity contribution in [3.8, 4) is 11.1 Å². The van der Waals surface area contributed by atoms with Gasteiger partial charge in [0.05, 0.1) is 5.56 Å². The van der Waals surface area contributed by atoms with Crippen LogP contribution in [0.15, 0.2) is 60.8 Å². The number of carboxylic acids is 1. The number of hydrogen-bond donors (Lipinski definition) is 1. The van der Waals surface area contributed by atoms with Gasteiger partial charge in [-0.2, -0.15) is 0 Å². The molecule has 0 aliphatic carbocycles. The lowest BCUT2D eigenvalue weighted by atomic mass is 9.89. The monoisotopic (exact) mass is 415 g/mol. The average molecular weight is 416 g/mol. The number of unbranched alkanes of at least 4 members (excludes halogenated alkanes) is 4. The van der Waals surface area contributed by atoms with Gasteiger partial charge < -0.3 is 5.11 Å². The van der Waals surface area contributed by atoms with E-state index in [1.54, 1.807) is 12.3 Å². The molecule has 3 aromatic rings. The molecule has 0 saturated carbocycles. The number of carbonyl (C=O) groups is 1. The molecule has 0 aliphatic heterocycles. The Kier molecular flexibility index (Phi) is 8.40. The molecule has 0 atom stereocenters. The Morgan fingerprint density at radius 2 is 1.65 bits per heavy atom. The van der Waals surface area contributed by atoms with Gasteiger partial charge in [0.2, 0.25) is 0 Å². The maximum Gasteiger partial charge on any atom is 0.335 e. The highest BCUT2D eigenvalue weighted by molar-refractivity contribution is 5.91. The zero-order valence-corrected chi connectivity index (χ0v) is 18.7. The Balaban J connectivity index is 1.77. The molecular weight excluding hydrogens is 382 g/mol. The lowest BCUT2D eigenvalue weighted by Gasteiger charge is -2.15. The third-order valence-electron chi connectivity index (χ3n) is 6.02. The molecule has 0 bridgehead atoms. The van der Waals surface area contributed by atoms with Gasteiger partial charge in [0, 0.05) is 11.9 Å². The topological polar surface area (TPSA) is 50.2 Å². The molecule has 0 unspecified atom stereocenters. The molecule has 31 heavy (non-hydrogen) atoms. The first-order valence-electron chi connectivity index (χ1n) is 11.4. The zero-order valence-electron chi connectivity index (χ0n) is 18.7. The van der Waals surface area contributed by atoms with Crippen LogP contribution in [0.4, 0.5) is 0 Å². The van der Waals surface area contributed by atoms with Crippen LogP contribution in [0.5, 0.6) is 0 Å². The Bertz CT molecular complexity index is 978. The number of pyridine rings is 1. The fourth-order valence-corrected chi connectivity index (χ4v) is 4.17. The minimum Gasteiger partial charge on any atom is -0.478 e. The van der Waals surface area contributed by atoms with Gasteiger partial charge in [0.1, 0.15) is 0 Å². The molecule has 0 saturated heterocycles. The first-order valence-corrected chi connectivity index (χ1v) is 11.4. The van der Waals surface area contributed by atoms with Crippen molar-refractivity contribution < 1.29 is 9.90 Å². The van der Waals surface area contributed by atoms with Gasteiger partial charge in [0.25, 0.3) is 0 Å². The largest absolute Gasteiger partial charge is 0.478 e. The molecular formula is C28H33NO2. The highest BCUT2D eigenvalue weighted by atomic mass is 16.4. The van der Waals surface area contributed by atoms with E-state index in [1.807, 2.05) is 31.2 Å². The lowest BCUT2D eigenvalue weighted by molar-refractivity contribution is 0.0695. The van der Waals surface area contributed by atoms with Gasteiger partial charge in [-0.25, -0.2) is 4.79 Å². The molecule has 0 fully saturated rings. The van der Waals surface area contributed by atoms with Crippen LogP contribution in [0.25, 0.3) is 11.1 Å². The summed E-state index contributed by atoms with van der Waals surface area (Å²) in [4.78, 5) is 16.2. The van der Waals surface area contributed by atoms with E-state index in [0.717, 1.165) is 40.8 Å². The van der Waals surface area contributed by atoms with Crippen LogP contribution in [0.2, 0.25) is 0 Å². The van der Waals surface area contributed by atoms with Crippen molar-refractivity contribution in [3.05, 3.63) is 88.7 Å². The molecule has 3 rings (SSSR count). The van der Waals surface area contributed by atoms with E-state index in [9.17, 15) is 9.90 Å². The zero-order chi connectivity index (χ0) is 22.1. The minimum absolute atomic E-state index is 0.390. The summed E-state index contributed by atoms with van der Waals surface area (Å²) in [5.41, 5.74) is 6.93. The van der Waals surface area contributed by atoms with E-state index in [1.165, 1.54) is 37.7 Å². The third-order valence-corrected chi connectivity index (χ3v) is 6.02. The third kappa shape index (κ3) is 6.27. The van der Waals surface area contributed by atoms with Crippen molar-refractivity contribution >= 4 is 5.97 Å². The number of aryl methyl sites for hydroxylation is 2. The van der Waals surface area contributed by atoms with Crippen LogP contribution < -0.4 is 0 Å². The van der Waals surface area contributed by atoms with Gasteiger partial charge in [-0.15, -0.1) is 0 Å². The van der Waals surface area contributed by atoms with Crippen LogP contribution >= 0.6 is 0 Å². The van der Waals surface area contributed by atoms with Gasteiger partial charge in [-0.1, -0.05) is 69.0 Å². The molecule has 3 nitrogen and oxygen atoms in total. The number of nitrogens with zero attached hydrogens (tertiary/aromatic N) is 1. The van der Waals surface area contributed by atoms with Crippen LogP contribution in [-0.2, 0) is 19.3 Å². The molecule has 1 heterocycles. The molecule has 1 N–H and O–H groups in total. The summed E-state index contributed by atoms with van der Waals surface area (Å²) in [6, 6.07) is 18.3. The van der Waals surface area contributed by atoms with Gasteiger partial charge in [0.15, 0.2) is 0 Å². The molecule has 1 aromatic heterocycles. The summed E-state index contributed by atoms with van der Waals surface area (Å²) < 4.78 is 0. The van der Waals surface area contributed by atoms with Crippen molar-refractivity contribution in [2.45, 2.75) is 65.2 Å². The molecule has 0 aliphatic rings. The predicted octanol–water partition coefficient (Wildman–Crippen LogP) is 7.05. The molecule has 162 valence electrons. The highest BCUT2D eigenvalue weighted by Crippen LogP contribution is 2.29. The quantitative estimate of drug-likeness (QED) is 0.341. The molecule has 0 radical (unpaired) electrons. The first-order chi connectivity index (χ1) is 15.1. The first kappa shape index (κ1) is 22.7. The fraction of sp³-hybridized carbons (Fsp3) is 0.357. The number of carboxylic acid groups (broad SMARTS) is 1. The minimum atomic E-state index is -0.871. The standard InChI is InChI=1S/C28H33NO2/c1-3-4-5-6-7-10-22-12-14-23(15-13-22)25-18-19-27(28(30)31)26(21(25)2)17-16-24-11-8-9-20-29-24/h8-9,11-15,18-20H,3-7,10,16-17H2,1-2H3,(H,30,31). The average Bonchev–Trinajstić information content (AvgIpc) is 2.79. The Morgan fingerprint density at radius 1 is 0.871 bits per heavy atom. The predicted molar refractivity (Wildman–Crippen MR) is 128 cm³/mol. The maximum atomic E-state index is 11.8. The molecule has 0 amide bonds. The number of benzene rings is 2. The van der Waals surface area contributed by atoms with Crippen molar-refractivity contribution in [2.24, 2.45) is 0 Å². The summed E-state index contributed by atoms with van der Waals surface area (Å²) in [6.45, 7) is 4.28. The smallest absolute Gasteiger partial charge is 0.335 e. The van der Waals surface area contributed by atoms with E-state index in [-0.39, 0.29) is 0 Å². The lowest BCUT2D eigenvalue weighted by Crippen LogP contribution is -2.07. The van der Waals surface area contributed by atoms with Gasteiger partial charge >= 0.3 is 5.97 Å². The highest BCUT2D eigenvalue weighted by Gasteiger charge is 2.16.